The summed E-state index contributed by atoms with van der Waals surface area (Å²) in [4.78, 5) is 5.20. The fourth-order valence-electron chi connectivity index (χ4n) is 3.03. The molecule has 106 valence electrons. The second kappa shape index (κ2) is 8.36. The molecule has 0 unspecified atom stereocenters. The zero-order chi connectivity index (χ0) is 12.6. The molecule has 0 bridgehead atoms. The number of alkyl halides is 1. The number of ether oxygens (including phenoxy) is 1. The van der Waals surface area contributed by atoms with Crippen molar-refractivity contribution in [3.8, 4) is 0 Å². The summed E-state index contributed by atoms with van der Waals surface area (Å²) in [6.45, 7) is 8.32. The Balaban J connectivity index is 1.50. The van der Waals surface area contributed by atoms with Gasteiger partial charge in [-0.2, -0.15) is 0 Å². The van der Waals surface area contributed by atoms with Crippen LogP contribution in [-0.2, 0) is 4.74 Å². The quantitative estimate of drug-likeness (QED) is 0.662. The van der Waals surface area contributed by atoms with E-state index in [0.717, 1.165) is 0 Å². The lowest BCUT2D eigenvalue weighted by Crippen LogP contribution is -2.38. The number of hydrogen-bond acceptors (Lipinski definition) is 3. The van der Waals surface area contributed by atoms with E-state index < -0.39 is 0 Å². The third-order valence-corrected chi connectivity index (χ3v) is 4.27. The fraction of sp³-hybridized carbons (Fsp3) is 1.00. The minimum atomic E-state index is 0.457. The van der Waals surface area contributed by atoms with Crippen molar-refractivity contribution in [1.29, 1.82) is 0 Å². The average molecular weight is 275 g/mol. The molecule has 2 saturated heterocycles. The molecule has 0 aromatic rings. The lowest BCUT2D eigenvalue weighted by Gasteiger charge is -2.32. The molecule has 0 saturated carbocycles. The number of nitrogens with zero attached hydrogens (tertiary/aromatic N) is 2. The van der Waals surface area contributed by atoms with Gasteiger partial charge in [-0.3, -0.25) is 0 Å². The van der Waals surface area contributed by atoms with Gasteiger partial charge >= 0.3 is 0 Å². The zero-order valence-electron chi connectivity index (χ0n) is 11.5. The largest absolute Gasteiger partial charge is 0.377 e. The van der Waals surface area contributed by atoms with Crippen LogP contribution in [0.15, 0.2) is 0 Å². The van der Waals surface area contributed by atoms with Crippen molar-refractivity contribution in [3.63, 3.8) is 0 Å². The first-order valence-corrected chi connectivity index (χ1v) is 8.04. The predicted octanol–water partition coefficient (Wildman–Crippen LogP) is 2.19. The number of piperidine rings is 1. The third kappa shape index (κ3) is 5.04. The molecule has 3 nitrogen and oxygen atoms in total. The van der Waals surface area contributed by atoms with Gasteiger partial charge in [0.2, 0.25) is 0 Å². The lowest BCUT2D eigenvalue weighted by molar-refractivity contribution is 0.0146. The Kier molecular flexibility index (Phi) is 6.77. The second-order valence-electron chi connectivity index (χ2n) is 5.50. The van der Waals surface area contributed by atoms with Gasteiger partial charge in [0.15, 0.2) is 0 Å². The smallest absolute Gasteiger partial charge is 0.0605 e. The van der Waals surface area contributed by atoms with Crippen molar-refractivity contribution in [2.24, 2.45) is 0 Å². The number of halogens is 1. The van der Waals surface area contributed by atoms with E-state index in [2.05, 4.69) is 9.80 Å². The van der Waals surface area contributed by atoms with Gasteiger partial charge in [0.05, 0.1) is 12.7 Å². The molecule has 2 heterocycles. The van der Waals surface area contributed by atoms with Crippen molar-refractivity contribution < 1.29 is 4.74 Å². The minimum Gasteiger partial charge on any atom is -0.377 e. The first-order chi connectivity index (χ1) is 8.88. The molecule has 0 aromatic carbocycles. The van der Waals surface area contributed by atoms with Crippen LogP contribution in [0.4, 0.5) is 0 Å². The van der Waals surface area contributed by atoms with Gasteiger partial charge in [-0.25, -0.2) is 0 Å². The van der Waals surface area contributed by atoms with Crippen LogP contribution in [0.5, 0.6) is 0 Å². The van der Waals surface area contributed by atoms with E-state index >= 15 is 0 Å². The van der Waals surface area contributed by atoms with E-state index in [9.17, 15) is 0 Å². The van der Waals surface area contributed by atoms with Gasteiger partial charge in [-0.05, 0) is 58.3 Å². The Morgan fingerprint density at radius 1 is 0.944 bits per heavy atom. The SMILES string of the molecule is ClCCOC1CCN(CCCN2CCCC2)CC1. The maximum Gasteiger partial charge on any atom is 0.0605 e. The van der Waals surface area contributed by atoms with E-state index in [-0.39, 0.29) is 0 Å². The molecule has 0 radical (unpaired) electrons. The highest BCUT2D eigenvalue weighted by Crippen LogP contribution is 2.14. The zero-order valence-corrected chi connectivity index (χ0v) is 12.2. The van der Waals surface area contributed by atoms with Gasteiger partial charge in [0, 0.05) is 19.0 Å². The molecule has 4 heteroatoms. The van der Waals surface area contributed by atoms with Crippen molar-refractivity contribution in [1.82, 2.24) is 9.80 Å². The molecule has 0 atom stereocenters. The maximum absolute atomic E-state index is 5.70. The summed E-state index contributed by atoms with van der Waals surface area (Å²) >= 11 is 5.64. The fourth-order valence-corrected chi connectivity index (χ4v) is 3.12. The summed E-state index contributed by atoms with van der Waals surface area (Å²) < 4.78 is 5.70. The molecule has 0 amide bonds. The Hall–Kier alpha value is 0.170. The molecular weight excluding hydrogens is 248 g/mol. The van der Waals surface area contributed by atoms with Crippen molar-refractivity contribution >= 4 is 11.6 Å². The van der Waals surface area contributed by atoms with E-state index in [1.807, 2.05) is 0 Å². The van der Waals surface area contributed by atoms with Crippen LogP contribution < -0.4 is 0 Å². The standard InChI is InChI=1S/C14H27ClN2O/c15-6-13-18-14-4-11-17(12-5-14)10-3-9-16-7-1-2-8-16/h14H,1-13H2. The maximum atomic E-state index is 5.70. The topological polar surface area (TPSA) is 15.7 Å². The minimum absolute atomic E-state index is 0.457. The van der Waals surface area contributed by atoms with Crippen molar-refractivity contribution in [3.05, 3.63) is 0 Å². The second-order valence-corrected chi connectivity index (χ2v) is 5.88. The number of rotatable bonds is 7. The van der Waals surface area contributed by atoms with Gasteiger partial charge in [-0.15, -0.1) is 11.6 Å². The van der Waals surface area contributed by atoms with Crippen LogP contribution in [0.3, 0.4) is 0 Å². The molecule has 0 spiro atoms. The Labute approximate surface area is 116 Å². The molecule has 0 aliphatic carbocycles. The third-order valence-electron chi connectivity index (χ3n) is 4.11. The molecule has 0 N–H and O–H groups in total. The molecule has 2 fully saturated rings. The molecular formula is C14H27ClN2O. The van der Waals surface area contributed by atoms with Gasteiger partial charge < -0.3 is 14.5 Å². The normalized spacial score (nSPS) is 23.8. The summed E-state index contributed by atoms with van der Waals surface area (Å²) in [6, 6.07) is 0. The van der Waals surface area contributed by atoms with Crippen LogP contribution in [0.1, 0.15) is 32.1 Å². The Morgan fingerprint density at radius 3 is 2.17 bits per heavy atom. The Bertz CT molecular complexity index is 214. The number of hydrogen-bond donors (Lipinski definition) is 0. The Morgan fingerprint density at radius 2 is 1.56 bits per heavy atom. The monoisotopic (exact) mass is 274 g/mol. The van der Waals surface area contributed by atoms with Gasteiger partial charge in [0.1, 0.15) is 0 Å². The van der Waals surface area contributed by atoms with Gasteiger partial charge in [0.25, 0.3) is 0 Å². The summed E-state index contributed by atoms with van der Waals surface area (Å²) in [7, 11) is 0. The predicted molar refractivity (Wildman–Crippen MR) is 76.4 cm³/mol. The molecule has 2 rings (SSSR count). The summed E-state index contributed by atoms with van der Waals surface area (Å²) in [6.07, 6.45) is 6.96. The van der Waals surface area contributed by atoms with E-state index in [1.54, 1.807) is 0 Å². The summed E-state index contributed by atoms with van der Waals surface area (Å²) in [5, 5.41) is 0. The highest BCUT2D eigenvalue weighted by molar-refractivity contribution is 6.17. The van der Waals surface area contributed by atoms with Crippen LogP contribution in [0.2, 0.25) is 0 Å². The van der Waals surface area contributed by atoms with E-state index in [1.165, 1.54) is 71.4 Å². The highest BCUT2D eigenvalue weighted by Gasteiger charge is 2.19. The first kappa shape index (κ1) is 14.6. The van der Waals surface area contributed by atoms with Crippen LogP contribution in [0.25, 0.3) is 0 Å². The van der Waals surface area contributed by atoms with E-state index in [4.69, 9.17) is 16.3 Å². The highest BCUT2D eigenvalue weighted by atomic mass is 35.5. The molecule has 2 aliphatic rings. The summed E-state index contributed by atoms with van der Waals surface area (Å²) in [5.74, 6) is 0.621. The molecule has 2 aliphatic heterocycles. The van der Waals surface area contributed by atoms with Crippen LogP contribution in [-0.4, -0.2) is 67.7 Å². The average Bonchev–Trinajstić information content (AvgIpc) is 2.91. The van der Waals surface area contributed by atoms with Crippen LogP contribution in [0, 0.1) is 0 Å². The van der Waals surface area contributed by atoms with Gasteiger partial charge in [-0.1, -0.05) is 0 Å². The molecule has 18 heavy (non-hydrogen) atoms. The van der Waals surface area contributed by atoms with Crippen molar-refractivity contribution in [2.75, 3.05) is 51.8 Å². The molecule has 0 aromatic heterocycles. The van der Waals surface area contributed by atoms with Crippen molar-refractivity contribution in [2.45, 2.75) is 38.2 Å². The van der Waals surface area contributed by atoms with Crippen LogP contribution >= 0.6 is 11.6 Å². The van der Waals surface area contributed by atoms with E-state index in [0.29, 0.717) is 18.6 Å². The summed E-state index contributed by atoms with van der Waals surface area (Å²) in [5.41, 5.74) is 0. The number of likely N-dealkylation sites (tertiary alicyclic amines) is 2. The first-order valence-electron chi connectivity index (χ1n) is 7.51. The lowest BCUT2D eigenvalue weighted by atomic mass is 10.1.